The molecule has 1 atom stereocenters. The van der Waals surface area contributed by atoms with Crippen LogP contribution in [0, 0.1) is 11.3 Å². The van der Waals surface area contributed by atoms with Crippen LogP contribution in [-0.4, -0.2) is 19.3 Å². The maximum absolute atomic E-state index is 5.82. The third-order valence-corrected chi connectivity index (χ3v) is 5.29. The zero-order valence-electron chi connectivity index (χ0n) is 9.14. The first-order valence-electron chi connectivity index (χ1n) is 5.20. The maximum atomic E-state index is 5.82. The highest BCUT2D eigenvalue weighted by Crippen LogP contribution is 2.71. The van der Waals surface area contributed by atoms with Gasteiger partial charge in [-0.1, -0.05) is 19.9 Å². The van der Waals surface area contributed by atoms with Gasteiger partial charge in [0.1, 0.15) is 19.3 Å². The lowest BCUT2D eigenvalue weighted by atomic mass is 9.76. The molecule has 3 aliphatic rings. The van der Waals surface area contributed by atoms with Crippen LogP contribution in [-0.2, 0) is 25.8 Å². The van der Waals surface area contributed by atoms with Crippen molar-refractivity contribution in [3.05, 3.63) is 12.7 Å². The molecule has 3 saturated heterocycles. The molecule has 0 aliphatic carbocycles. The van der Waals surface area contributed by atoms with Crippen LogP contribution >= 0.6 is 7.15 Å². The van der Waals surface area contributed by atoms with Crippen LogP contribution in [0.4, 0.5) is 0 Å². The van der Waals surface area contributed by atoms with Gasteiger partial charge in [-0.05, 0) is 12.3 Å². The first-order valence-corrected chi connectivity index (χ1v) is 7.75. The van der Waals surface area contributed by atoms with Gasteiger partial charge in [0.2, 0.25) is 0 Å². The van der Waals surface area contributed by atoms with E-state index in [1.165, 1.54) is 0 Å². The van der Waals surface area contributed by atoms with Gasteiger partial charge >= 0.3 is 0 Å². The van der Waals surface area contributed by atoms with Gasteiger partial charge in [0.25, 0.3) is 7.15 Å². The van der Waals surface area contributed by atoms with Gasteiger partial charge in [-0.15, -0.1) is 6.58 Å². The van der Waals surface area contributed by atoms with Gasteiger partial charge in [-0.2, -0.15) is 13.6 Å². The lowest BCUT2D eigenvalue weighted by Gasteiger charge is -2.52. The average Bonchev–Trinajstić information content (AvgIpc) is 2.20. The first kappa shape index (κ1) is 11.9. The molecule has 86 valence electrons. The minimum atomic E-state index is -2.41. The molecule has 0 spiro atoms. The Morgan fingerprint density at radius 2 is 2.13 bits per heavy atom. The zero-order valence-corrected chi connectivity index (χ0v) is 10.9. The molecule has 15 heavy (non-hydrogen) atoms. The van der Waals surface area contributed by atoms with Crippen LogP contribution in [0.5, 0.6) is 0 Å². The summed E-state index contributed by atoms with van der Waals surface area (Å²) in [6.45, 7) is 9.40. The number of hydrogen-bond acceptors (Lipinski definition) is 4. The van der Waals surface area contributed by atoms with E-state index in [2.05, 4.69) is 20.4 Å². The van der Waals surface area contributed by atoms with E-state index < -0.39 is 7.15 Å². The molecule has 0 aromatic rings. The molecule has 0 N–H and O–H groups in total. The van der Waals surface area contributed by atoms with E-state index >= 15 is 0 Å². The van der Waals surface area contributed by atoms with Crippen LogP contribution in [0.3, 0.4) is 0 Å². The fourth-order valence-electron chi connectivity index (χ4n) is 2.32. The van der Waals surface area contributed by atoms with Crippen molar-refractivity contribution in [2.75, 3.05) is 13.2 Å². The number of fused-ring (bicyclic) bond motifs is 3. The van der Waals surface area contributed by atoms with Crippen molar-refractivity contribution in [1.29, 1.82) is 0 Å². The maximum Gasteiger partial charge on any atom is 0.290 e. The van der Waals surface area contributed by atoms with E-state index in [0.29, 0.717) is 19.1 Å². The van der Waals surface area contributed by atoms with Crippen molar-refractivity contribution in [3.8, 4) is 0 Å². The topological polar surface area (TPSA) is 27.7 Å². The predicted octanol–water partition coefficient (Wildman–Crippen LogP) is 2.88. The molecule has 3 heterocycles. The zero-order chi connectivity index (χ0) is 11.1. The molecule has 3 aliphatic heterocycles. The molecule has 3 rings (SSSR count). The Hall–Kier alpha value is 0.400. The van der Waals surface area contributed by atoms with E-state index in [1.54, 1.807) is 0 Å². The highest BCUT2D eigenvalue weighted by atomic mass is 32.7. The second kappa shape index (κ2) is 4.01. The van der Waals surface area contributed by atoms with Gasteiger partial charge in [0.05, 0.1) is 5.41 Å². The lowest BCUT2D eigenvalue weighted by Crippen LogP contribution is -2.54. The Bertz CT molecular complexity index is 261. The van der Waals surface area contributed by atoms with Gasteiger partial charge in [-0.3, -0.25) is 0 Å². The fourth-order valence-corrected chi connectivity index (χ4v) is 4.69. The third-order valence-electron chi connectivity index (χ3n) is 3.02. The molecule has 0 radical (unpaired) electrons. The van der Waals surface area contributed by atoms with E-state index in [1.807, 2.05) is 6.08 Å². The van der Waals surface area contributed by atoms with Crippen molar-refractivity contribution < 1.29 is 13.6 Å². The molecule has 0 aromatic carbocycles. The quantitative estimate of drug-likeness (QED) is 0.436. The monoisotopic (exact) mass is 248 g/mol. The second-order valence-corrected chi connectivity index (χ2v) is 7.58. The summed E-state index contributed by atoms with van der Waals surface area (Å²) in [7, 11) is -2.41. The smallest absolute Gasteiger partial charge is 0.290 e. The molecule has 1 unspecified atom stereocenters. The van der Waals surface area contributed by atoms with Crippen molar-refractivity contribution in [2.24, 2.45) is 11.3 Å². The van der Waals surface area contributed by atoms with Crippen molar-refractivity contribution in [1.82, 2.24) is 0 Å². The van der Waals surface area contributed by atoms with E-state index in [4.69, 9.17) is 25.8 Å². The summed E-state index contributed by atoms with van der Waals surface area (Å²) in [6, 6.07) is 0. The Kier molecular flexibility index (Phi) is 3.17. The van der Waals surface area contributed by atoms with E-state index in [9.17, 15) is 0 Å². The number of hydrogen-bond donors (Lipinski definition) is 0. The van der Waals surface area contributed by atoms with Crippen molar-refractivity contribution in [3.63, 3.8) is 0 Å². The molecule has 3 fully saturated rings. The van der Waals surface area contributed by atoms with Gasteiger partial charge < -0.3 is 12.2 Å². The number of rotatable bonds is 3. The number of allylic oxidation sites excluding steroid dienone is 1. The molecule has 5 heteroatoms. The summed E-state index contributed by atoms with van der Waals surface area (Å²) in [5.41, 5.74) is -0.0729. The molecule has 2 bridgehead atoms. The van der Waals surface area contributed by atoms with Crippen LogP contribution in [0.2, 0.25) is 0 Å². The molecular formula is C10H17O3PS. The summed E-state index contributed by atoms with van der Waals surface area (Å²) >= 11 is 5.24. The second-order valence-electron chi connectivity index (χ2n) is 4.62. The van der Waals surface area contributed by atoms with Gasteiger partial charge in [0.15, 0.2) is 0 Å². The fraction of sp³-hybridized carbons (Fsp3) is 0.800. The SMILES string of the molecule is C=CCC12CO[P+]([S-])(OC1)OC2C(C)C. The highest BCUT2D eigenvalue weighted by Gasteiger charge is 2.59. The third kappa shape index (κ3) is 1.98. The minimum absolute atomic E-state index is 0.0729. The predicted molar refractivity (Wildman–Crippen MR) is 63.1 cm³/mol. The summed E-state index contributed by atoms with van der Waals surface area (Å²) in [6.07, 6.45) is 2.90. The standard InChI is InChI=1S/C10H17O3PS/c1-4-5-10-6-11-14(15,12-7-10)13-9(10)8(2)3/h4,8-9H,1,5-7H2,2-3H3. The molecule has 0 amide bonds. The van der Waals surface area contributed by atoms with Crippen LogP contribution in [0.15, 0.2) is 12.7 Å². The lowest BCUT2D eigenvalue weighted by molar-refractivity contribution is -0.139. The molecular weight excluding hydrogens is 231 g/mol. The molecule has 0 saturated carbocycles. The Labute approximate surface area is 96.9 Å². The minimum Gasteiger partial charge on any atom is -0.459 e. The van der Waals surface area contributed by atoms with Crippen LogP contribution < -0.4 is 0 Å². The van der Waals surface area contributed by atoms with Crippen molar-refractivity contribution >= 4 is 19.4 Å². The van der Waals surface area contributed by atoms with Crippen LogP contribution in [0.25, 0.3) is 0 Å². The first-order chi connectivity index (χ1) is 7.01. The van der Waals surface area contributed by atoms with E-state index in [-0.39, 0.29) is 11.5 Å². The Morgan fingerprint density at radius 3 is 2.60 bits per heavy atom. The Balaban J connectivity index is 2.24. The van der Waals surface area contributed by atoms with Crippen molar-refractivity contribution in [2.45, 2.75) is 26.4 Å². The van der Waals surface area contributed by atoms with Gasteiger partial charge in [0, 0.05) is 0 Å². The normalized spacial score (nSPS) is 44.7. The summed E-state index contributed by atoms with van der Waals surface area (Å²) in [5.74, 6) is 0.431. The summed E-state index contributed by atoms with van der Waals surface area (Å²) in [4.78, 5) is 0. The average molecular weight is 248 g/mol. The van der Waals surface area contributed by atoms with E-state index in [0.717, 1.165) is 6.42 Å². The summed E-state index contributed by atoms with van der Waals surface area (Å²) < 4.78 is 16.9. The van der Waals surface area contributed by atoms with Crippen LogP contribution in [0.1, 0.15) is 20.3 Å². The Morgan fingerprint density at radius 1 is 1.53 bits per heavy atom. The summed E-state index contributed by atoms with van der Waals surface area (Å²) in [5, 5.41) is 0. The molecule has 0 aromatic heterocycles. The van der Waals surface area contributed by atoms with Gasteiger partial charge in [-0.25, -0.2) is 0 Å². The highest BCUT2D eigenvalue weighted by molar-refractivity contribution is 8.36. The molecule has 3 nitrogen and oxygen atoms in total. The largest absolute Gasteiger partial charge is 0.459 e.